The van der Waals surface area contributed by atoms with Crippen molar-refractivity contribution in [2.75, 3.05) is 0 Å². The fourth-order valence-electron chi connectivity index (χ4n) is 3.51. The second kappa shape index (κ2) is 10.3. The lowest BCUT2D eigenvalue weighted by Crippen LogP contribution is -2.41. The number of amides is 2. The fourth-order valence-corrected chi connectivity index (χ4v) is 4.35. The van der Waals surface area contributed by atoms with E-state index in [2.05, 4.69) is 25.8 Å². The van der Waals surface area contributed by atoms with Crippen molar-refractivity contribution in [1.82, 2.24) is 30.4 Å². The Bertz CT molecular complexity index is 1410. The van der Waals surface area contributed by atoms with E-state index in [-0.39, 0.29) is 11.8 Å². The van der Waals surface area contributed by atoms with Crippen LogP contribution < -0.4 is 10.9 Å². The van der Waals surface area contributed by atoms with Gasteiger partial charge in [0.25, 0.3) is 11.8 Å². The third kappa shape index (κ3) is 5.59. The average Bonchev–Trinajstić information content (AvgIpc) is 3.56. The Labute approximate surface area is 205 Å². The molecule has 0 atom stereocenters. The number of thioether (sulfide) groups is 1. The zero-order valence-corrected chi connectivity index (χ0v) is 19.5. The maximum atomic E-state index is 12.4. The number of carbonyl (C=O) groups excluding carboxylic acids is 2. The molecule has 0 spiro atoms. The first kappa shape index (κ1) is 22.4. The minimum absolute atomic E-state index is 0.383. The molecule has 9 heteroatoms. The Hall–Kier alpha value is -4.37. The Balaban J connectivity index is 1.11. The summed E-state index contributed by atoms with van der Waals surface area (Å²) < 4.78 is 1.94. The molecule has 0 fully saturated rings. The van der Waals surface area contributed by atoms with E-state index < -0.39 is 0 Å². The van der Waals surface area contributed by atoms with Gasteiger partial charge in [0.1, 0.15) is 0 Å². The first-order chi connectivity index (χ1) is 17.1. The summed E-state index contributed by atoms with van der Waals surface area (Å²) in [7, 11) is 0. The van der Waals surface area contributed by atoms with Crippen LogP contribution in [0.1, 0.15) is 31.8 Å². The van der Waals surface area contributed by atoms with Crippen LogP contribution in [-0.2, 0) is 12.3 Å². The number of rotatable bonds is 7. The van der Waals surface area contributed by atoms with Crippen LogP contribution >= 0.6 is 11.8 Å². The van der Waals surface area contributed by atoms with Gasteiger partial charge in [-0.2, -0.15) is 0 Å². The molecule has 0 saturated heterocycles. The van der Waals surface area contributed by atoms with E-state index in [1.54, 1.807) is 48.6 Å². The van der Waals surface area contributed by atoms with Gasteiger partial charge >= 0.3 is 0 Å². The molecule has 0 unspecified atom stereocenters. The summed E-state index contributed by atoms with van der Waals surface area (Å²) in [5.41, 5.74) is 9.90. The van der Waals surface area contributed by atoms with E-state index in [1.807, 2.05) is 59.3 Å². The van der Waals surface area contributed by atoms with E-state index in [0.29, 0.717) is 17.7 Å². The van der Waals surface area contributed by atoms with Crippen LogP contribution in [0.15, 0.2) is 96.7 Å². The fraction of sp³-hybridized carbons (Fsp3) is 0.0769. The first-order valence-electron chi connectivity index (χ1n) is 11.0. The number of nitrogens with zero attached hydrogens (tertiary/aromatic N) is 3. The molecular weight excluding hydrogens is 460 g/mol. The van der Waals surface area contributed by atoms with Gasteiger partial charge in [-0.25, -0.2) is 9.97 Å². The van der Waals surface area contributed by atoms with Gasteiger partial charge < -0.3 is 9.55 Å². The summed E-state index contributed by atoms with van der Waals surface area (Å²) in [6.45, 7) is 0.672. The van der Waals surface area contributed by atoms with Gasteiger partial charge in [-0.1, -0.05) is 48.2 Å². The van der Waals surface area contributed by atoms with Crippen molar-refractivity contribution in [2.24, 2.45) is 0 Å². The maximum Gasteiger partial charge on any atom is 0.269 e. The molecule has 2 aromatic heterocycles. The molecule has 3 aromatic carbocycles. The molecule has 174 valence electrons. The van der Waals surface area contributed by atoms with Crippen LogP contribution in [0.2, 0.25) is 0 Å². The number of H-pyrrole nitrogens is 1. The molecule has 5 aromatic rings. The zero-order valence-electron chi connectivity index (χ0n) is 18.6. The molecule has 2 heterocycles. The van der Waals surface area contributed by atoms with Crippen molar-refractivity contribution in [2.45, 2.75) is 17.5 Å². The number of benzene rings is 3. The van der Waals surface area contributed by atoms with E-state index in [4.69, 9.17) is 0 Å². The molecule has 0 aliphatic carbocycles. The van der Waals surface area contributed by atoms with Crippen LogP contribution in [0.4, 0.5) is 0 Å². The largest absolute Gasteiger partial charge is 0.333 e. The highest BCUT2D eigenvalue weighted by atomic mass is 32.2. The monoisotopic (exact) mass is 482 g/mol. The molecule has 2 amide bonds. The number of fused-ring (bicyclic) bond motifs is 1. The molecule has 0 aliphatic heterocycles. The standard InChI is InChI=1S/C26H22N6O2S/c33-24(20-9-5-18(6-10-20)15-32-14-13-27-17-32)30-31-25(34)21-11-7-19(8-12-21)16-35-26-28-22-3-1-2-4-23(22)29-26/h1-14,17H,15-16H2,(H,28,29)(H,30,33)(H,31,34). The van der Waals surface area contributed by atoms with Crippen molar-refractivity contribution in [3.63, 3.8) is 0 Å². The predicted molar refractivity (Wildman–Crippen MR) is 135 cm³/mol. The van der Waals surface area contributed by atoms with Crippen LogP contribution in [0.5, 0.6) is 0 Å². The van der Waals surface area contributed by atoms with Gasteiger partial charge in [-0.05, 0) is 47.5 Å². The quantitative estimate of drug-likeness (QED) is 0.239. The molecule has 0 aliphatic rings. The predicted octanol–water partition coefficient (Wildman–Crippen LogP) is 4.17. The minimum Gasteiger partial charge on any atom is -0.333 e. The average molecular weight is 483 g/mol. The van der Waals surface area contributed by atoms with Crippen molar-refractivity contribution < 1.29 is 9.59 Å². The van der Waals surface area contributed by atoms with Gasteiger partial charge in [0, 0.05) is 35.8 Å². The number of carbonyl (C=O) groups is 2. The second-order valence-electron chi connectivity index (χ2n) is 7.88. The summed E-state index contributed by atoms with van der Waals surface area (Å²) in [6.07, 6.45) is 5.34. The van der Waals surface area contributed by atoms with E-state index in [0.717, 1.165) is 33.1 Å². The van der Waals surface area contributed by atoms with Crippen molar-refractivity contribution in [1.29, 1.82) is 0 Å². The van der Waals surface area contributed by atoms with E-state index >= 15 is 0 Å². The normalized spacial score (nSPS) is 10.9. The lowest BCUT2D eigenvalue weighted by Gasteiger charge is -2.09. The lowest BCUT2D eigenvalue weighted by atomic mass is 10.1. The molecular formula is C26H22N6O2S. The summed E-state index contributed by atoms with van der Waals surface area (Å²) >= 11 is 1.60. The topological polar surface area (TPSA) is 105 Å². The SMILES string of the molecule is O=C(NNC(=O)c1ccc(Cn2ccnc2)cc1)c1ccc(CSc2nc3ccccc3[nH]2)cc1. The van der Waals surface area contributed by atoms with E-state index in [1.165, 1.54) is 0 Å². The van der Waals surface area contributed by atoms with Crippen LogP contribution in [0.3, 0.4) is 0 Å². The number of hydrazine groups is 1. The highest BCUT2D eigenvalue weighted by molar-refractivity contribution is 7.98. The highest BCUT2D eigenvalue weighted by Crippen LogP contribution is 2.23. The van der Waals surface area contributed by atoms with Crippen molar-refractivity contribution in [3.8, 4) is 0 Å². The van der Waals surface area contributed by atoms with Gasteiger partial charge in [0.15, 0.2) is 5.16 Å². The van der Waals surface area contributed by atoms with Gasteiger partial charge in [0.2, 0.25) is 0 Å². The summed E-state index contributed by atoms with van der Waals surface area (Å²) in [5, 5.41) is 0.852. The molecule has 0 bridgehead atoms. The summed E-state index contributed by atoms with van der Waals surface area (Å²) in [6, 6.07) is 22.4. The number of aromatic amines is 1. The van der Waals surface area contributed by atoms with Crippen LogP contribution in [0.25, 0.3) is 11.0 Å². The number of aromatic nitrogens is 4. The lowest BCUT2D eigenvalue weighted by molar-refractivity contribution is 0.0846. The number of imidazole rings is 2. The Morgan fingerprint density at radius 2 is 1.51 bits per heavy atom. The van der Waals surface area contributed by atoms with Crippen molar-refractivity contribution >= 4 is 34.6 Å². The zero-order chi connectivity index (χ0) is 24.0. The molecule has 0 radical (unpaired) electrons. The highest BCUT2D eigenvalue weighted by Gasteiger charge is 2.10. The first-order valence-corrected chi connectivity index (χ1v) is 11.9. The number of hydrogen-bond donors (Lipinski definition) is 3. The van der Waals surface area contributed by atoms with Gasteiger partial charge in [-0.3, -0.25) is 20.4 Å². The number of nitrogens with one attached hydrogen (secondary N) is 3. The third-order valence-corrected chi connectivity index (χ3v) is 6.33. The smallest absolute Gasteiger partial charge is 0.269 e. The molecule has 3 N–H and O–H groups in total. The molecule has 35 heavy (non-hydrogen) atoms. The molecule has 5 rings (SSSR count). The van der Waals surface area contributed by atoms with Crippen molar-refractivity contribution in [3.05, 3.63) is 114 Å². The Kier molecular flexibility index (Phi) is 6.58. The van der Waals surface area contributed by atoms with Crippen LogP contribution in [-0.4, -0.2) is 31.3 Å². The number of para-hydroxylation sites is 2. The maximum absolute atomic E-state index is 12.4. The molecule has 0 saturated carbocycles. The number of hydrogen-bond acceptors (Lipinski definition) is 5. The second-order valence-corrected chi connectivity index (χ2v) is 8.85. The Morgan fingerprint density at radius 1 is 0.857 bits per heavy atom. The van der Waals surface area contributed by atoms with Gasteiger partial charge in [-0.15, -0.1) is 0 Å². The summed E-state index contributed by atoms with van der Waals surface area (Å²) in [5.74, 6) is -0.0482. The minimum atomic E-state index is -0.383. The Morgan fingerprint density at radius 3 is 2.14 bits per heavy atom. The molecule has 8 nitrogen and oxygen atoms in total. The van der Waals surface area contributed by atoms with E-state index in [9.17, 15) is 9.59 Å². The van der Waals surface area contributed by atoms with Gasteiger partial charge in [0.05, 0.1) is 17.4 Å². The summed E-state index contributed by atoms with van der Waals surface area (Å²) in [4.78, 5) is 36.7. The third-order valence-electron chi connectivity index (χ3n) is 5.39. The van der Waals surface area contributed by atoms with Crippen LogP contribution in [0, 0.1) is 0 Å².